The van der Waals surface area contributed by atoms with Crippen molar-refractivity contribution in [3.8, 4) is 5.69 Å². The second-order valence-electron chi connectivity index (χ2n) is 7.78. The standard InChI is InChI=1S/C18H25BrN6O2/c1-12(13-9-10-13)24(21-17(26)27-18(2,3)4)11-16-20-22-23-25(16)15-8-6-5-7-14(15)19/h5-8,12-13H,9-11H2,1-4H3,(H,21,26)/t12-/m1/s1. The zero-order valence-electron chi connectivity index (χ0n) is 16.0. The third-order valence-corrected chi connectivity index (χ3v) is 5.03. The first-order valence-electron chi connectivity index (χ1n) is 9.03. The van der Waals surface area contributed by atoms with Crippen LogP contribution in [0.1, 0.15) is 46.4 Å². The summed E-state index contributed by atoms with van der Waals surface area (Å²) in [7, 11) is 0. The number of para-hydroxylation sites is 1. The first-order valence-corrected chi connectivity index (χ1v) is 9.82. The van der Waals surface area contributed by atoms with Gasteiger partial charge in [-0.15, -0.1) is 5.10 Å². The van der Waals surface area contributed by atoms with Crippen LogP contribution in [-0.2, 0) is 11.3 Å². The van der Waals surface area contributed by atoms with E-state index in [0.717, 1.165) is 23.0 Å². The Morgan fingerprint density at radius 2 is 2.11 bits per heavy atom. The number of rotatable bonds is 6. The van der Waals surface area contributed by atoms with Gasteiger partial charge in [-0.2, -0.15) is 4.68 Å². The number of benzene rings is 1. The van der Waals surface area contributed by atoms with Crippen LogP contribution in [-0.4, -0.2) is 43.0 Å². The van der Waals surface area contributed by atoms with E-state index in [2.05, 4.69) is 43.8 Å². The number of carbonyl (C=O) groups is 1. The molecule has 1 aliphatic rings. The molecule has 1 heterocycles. The molecule has 1 aromatic carbocycles. The highest BCUT2D eigenvalue weighted by atomic mass is 79.9. The molecule has 8 nitrogen and oxygen atoms in total. The number of nitrogens with one attached hydrogen (secondary N) is 1. The van der Waals surface area contributed by atoms with Crippen LogP contribution in [0.15, 0.2) is 28.7 Å². The van der Waals surface area contributed by atoms with E-state index in [9.17, 15) is 4.79 Å². The summed E-state index contributed by atoms with van der Waals surface area (Å²) in [5, 5.41) is 14.0. The number of aromatic nitrogens is 4. The normalized spacial score (nSPS) is 15.6. The van der Waals surface area contributed by atoms with E-state index in [1.807, 2.05) is 50.0 Å². The predicted molar refractivity (Wildman–Crippen MR) is 104 cm³/mol. The lowest BCUT2D eigenvalue weighted by Crippen LogP contribution is -2.49. The number of nitrogens with zero attached hydrogens (tertiary/aromatic N) is 5. The van der Waals surface area contributed by atoms with Crippen molar-refractivity contribution in [2.24, 2.45) is 5.92 Å². The van der Waals surface area contributed by atoms with Crippen LogP contribution in [0.5, 0.6) is 0 Å². The zero-order valence-corrected chi connectivity index (χ0v) is 17.6. The molecule has 1 fully saturated rings. The van der Waals surface area contributed by atoms with Gasteiger partial charge in [-0.05, 0) is 84.9 Å². The molecular weight excluding hydrogens is 412 g/mol. The Kier molecular flexibility index (Phi) is 5.81. The first-order chi connectivity index (χ1) is 12.7. The average Bonchev–Trinajstić information content (AvgIpc) is 3.32. The first kappa shape index (κ1) is 19.8. The highest BCUT2D eigenvalue weighted by molar-refractivity contribution is 9.10. The van der Waals surface area contributed by atoms with Gasteiger partial charge in [-0.25, -0.2) is 9.80 Å². The van der Waals surface area contributed by atoms with Gasteiger partial charge in [0.15, 0.2) is 5.82 Å². The fourth-order valence-electron chi connectivity index (χ4n) is 2.80. The molecule has 146 valence electrons. The van der Waals surface area contributed by atoms with Crippen molar-refractivity contribution in [1.82, 2.24) is 30.6 Å². The molecule has 1 aliphatic carbocycles. The van der Waals surface area contributed by atoms with Gasteiger partial charge in [0.2, 0.25) is 0 Å². The van der Waals surface area contributed by atoms with Crippen LogP contribution < -0.4 is 5.43 Å². The molecule has 1 saturated carbocycles. The summed E-state index contributed by atoms with van der Waals surface area (Å²) in [6, 6.07) is 7.88. The minimum atomic E-state index is -0.560. The number of hydrazine groups is 1. The monoisotopic (exact) mass is 436 g/mol. The lowest BCUT2D eigenvalue weighted by molar-refractivity contribution is 0.0204. The van der Waals surface area contributed by atoms with Crippen molar-refractivity contribution in [2.45, 2.75) is 58.7 Å². The molecule has 27 heavy (non-hydrogen) atoms. The molecule has 0 aliphatic heterocycles. The van der Waals surface area contributed by atoms with Crippen LogP contribution in [0.2, 0.25) is 0 Å². The maximum absolute atomic E-state index is 12.3. The number of amides is 1. The van der Waals surface area contributed by atoms with E-state index < -0.39 is 11.7 Å². The van der Waals surface area contributed by atoms with E-state index >= 15 is 0 Å². The van der Waals surface area contributed by atoms with E-state index in [-0.39, 0.29) is 6.04 Å². The molecule has 1 amide bonds. The Balaban J connectivity index is 1.80. The van der Waals surface area contributed by atoms with Crippen LogP contribution in [0.3, 0.4) is 0 Å². The summed E-state index contributed by atoms with van der Waals surface area (Å²) < 4.78 is 7.98. The van der Waals surface area contributed by atoms with Gasteiger partial charge in [0.05, 0.1) is 12.2 Å². The minimum Gasteiger partial charge on any atom is -0.443 e. The fraction of sp³-hybridized carbons (Fsp3) is 0.556. The summed E-state index contributed by atoms with van der Waals surface area (Å²) in [6.07, 6.45) is 1.83. The summed E-state index contributed by atoms with van der Waals surface area (Å²) in [6.45, 7) is 7.99. The maximum Gasteiger partial charge on any atom is 0.422 e. The summed E-state index contributed by atoms with van der Waals surface area (Å²) in [4.78, 5) is 12.3. The Labute approximate surface area is 167 Å². The van der Waals surface area contributed by atoms with Gasteiger partial charge in [0.1, 0.15) is 5.60 Å². The molecule has 9 heteroatoms. The van der Waals surface area contributed by atoms with E-state index in [1.165, 1.54) is 0 Å². The lowest BCUT2D eigenvalue weighted by atomic mass is 10.2. The van der Waals surface area contributed by atoms with Crippen molar-refractivity contribution in [3.63, 3.8) is 0 Å². The van der Waals surface area contributed by atoms with Gasteiger partial charge in [-0.1, -0.05) is 12.1 Å². The van der Waals surface area contributed by atoms with Crippen molar-refractivity contribution < 1.29 is 9.53 Å². The van der Waals surface area contributed by atoms with Crippen molar-refractivity contribution in [1.29, 1.82) is 0 Å². The minimum absolute atomic E-state index is 0.155. The molecule has 2 aromatic rings. The van der Waals surface area contributed by atoms with Crippen molar-refractivity contribution in [3.05, 3.63) is 34.6 Å². The van der Waals surface area contributed by atoms with E-state index in [1.54, 1.807) is 4.68 Å². The average molecular weight is 437 g/mol. The van der Waals surface area contributed by atoms with Gasteiger partial charge in [-0.3, -0.25) is 5.43 Å². The quantitative estimate of drug-likeness (QED) is 0.697. The highest BCUT2D eigenvalue weighted by Gasteiger charge is 2.34. The molecule has 0 saturated heterocycles. The molecule has 0 bridgehead atoms. The van der Waals surface area contributed by atoms with Gasteiger partial charge in [0.25, 0.3) is 0 Å². The predicted octanol–water partition coefficient (Wildman–Crippen LogP) is 3.47. The van der Waals surface area contributed by atoms with Crippen LogP contribution in [0, 0.1) is 5.92 Å². The second kappa shape index (κ2) is 7.93. The van der Waals surface area contributed by atoms with Gasteiger partial charge < -0.3 is 4.74 Å². The topological polar surface area (TPSA) is 85.2 Å². The number of hydrogen-bond acceptors (Lipinski definition) is 6. The molecule has 0 unspecified atom stereocenters. The van der Waals surface area contributed by atoms with Crippen LogP contribution >= 0.6 is 15.9 Å². The molecule has 3 rings (SSSR count). The third-order valence-electron chi connectivity index (χ3n) is 4.36. The van der Waals surface area contributed by atoms with E-state index in [0.29, 0.717) is 18.3 Å². The molecule has 0 spiro atoms. The summed E-state index contributed by atoms with van der Waals surface area (Å²) in [5.41, 5.74) is 3.16. The number of ether oxygens (including phenoxy) is 1. The summed E-state index contributed by atoms with van der Waals surface area (Å²) in [5.74, 6) is 1.18. The summed E-state index contributed by atoms with van der Waals surface area (Å²) >= 11 is 3.53. The SMILES string of the molecule is C[C@H](C1CC1)N(Cc1nnnn1-c1ccccc1Br)NC(=O)OC(C)(C)C. The number of carbonyl (C=O) groups excluding carboxylic acids is 1. The maximum atomic E-state index is 12.3. The third kappa shape index (κ3) is 5.26. The lowest BCUT2D eigenvalue weighted by Gasteiger charge is -2.30. The molecule has 1 aromatic heterocycles. The smallest absolute Gasteiger partial charge is 0.422 e. The Hall–Kier alpha value is -2.00. The molecular formula is C18H25BrN6O2. The van der Waals surface area contributed by atoms with Crippen LogP contribution in [0.25, 0.3) is 5.69 Å². The molecule has 1 atom stereocenters. The second-order valence-corrected chi connectivity index (χ2v) is 8.63. The van der Waals surface area contributed by atoms with Crippen molar-refractivity contribution in [2.75, 3.05) is 0 Å². The number of tetrazole rings is 1. The Morgan fingerprint density at radius 3 is 2.74 bits per heavy atom. The zero-order chi connectivity index (χ0) is 19.6. The fourth-order valence-corrected chi connectivity index (χ4v) is 3.26. The van der Waals surface area contributed by atoms with Crippen LogP contribution in [0.4, 0.5) is 4.79 Å². The molecule has 1 N–H and O–H groups in total. The highest BCUT2D eigenvalue weighted by Crippen LogP contribution is 2.35. The van der Waals surface area contributed by atoms with E-state index in [4.69, 9.17) is 4.74 Å². The Bertz CT molecular complexity index is 799. The number of halogens is 1. The molecule has 0 radical (unpaired) electrons. The number of hydrogen-bond donors (Lipinski definition) is 1. The van der Waals surface area contributed by atoms with Crippen molar-refractivity contribution >= 4 is 22.0 Å². The Morgan fingerprint density at radius 1 is 1.41 bits per heavy atom. The van der Waals surface area contributed by atoms with Gasteiger partial charge >= 0.3 is 6.09 Å². The van der Waals surface area contributed by atoms with Gasteiger partial charge in [0, 0.05) is 10.5 Å². The largest absolute Gasteiger partial charge is 0.443 e.